The standard InChI is InChI=1S/C17H22N2S/c1-12-10-15(5-4-14(12)11-18-3)19-8-6-17-16(13(19)2)7-9-20-17/h4-5,7,9-10,13,18H,6,8,11H2,1-3H3. The van der Waals surface area contributed by atoms with Crippen LogP contribution in [-0.2, 0) is 13.0 Å². The van der Waals surface area contributed by atoms with Gasteiger partial charge in [0.2, 0.25) is 0 Å². The van der Waals surface area contributed by atoms with Gasteiger partial charge >= 0.3 is 0 Å². The van der Waals surface area contributed by atoms with Crippen LogP contribution >= 0.6 is 11.3 Å². The van der Waals surface area contributed by atoms with Gasteiger partial charge in [-0.15, -0.1) is 11.3 Å². The number of hydrogen-bond acceptors (Lipinski definition) is 3. The Morgan fingerprint density at radius 3 is 2.95 bits per heavy atom. The first-order chi connectivity index (χ1) is 9.70. The van der Waals surface area contributed by atoms with Crippen LogP contribution in [0, 0.1) is 6.92 Å². The summed E-state index contributed by atoms with van der Waals surface area (Å²) in [5, 5.41) is 5.46. The van der Waals surface area contributed by atoms with Crippen LogP contribution in [0.4, 0.5) is 5.69 Å². The third-order valence-corrected chi connectivity index (χ3v) is 5.30. The van der Waals surface area contributed by atoms with E-state index in [1.165, 1.54) is 28.8 Å². The van der Waals surface area contributed by atoms with Gasteiger partial charge in [-0.25, -0.2) is 0 Å². The van der Waals surface area contributed by atoms with Crippen molar-refractivity contribution < 1.29 is 0 Å². The Hall–Kier alpha value is -1.32. The second-order valence-electron chi connectivity index (χ2n) is 5.56. The molecule has 3 rings (SSSR count). The van der Waals surface area contributed by atoms with E-state index < -0.39 is 0 Å². The first-order valence-electron chi connectivity index (χ1n) is 7.27. The molecule has 0 radical (unpaired) electrons. The van der Waals surface area contributed by atoms with Gasteiger partial charge < -0.3 is 10.2 Å². The molecular weight excluding hydrogens is 264 g/mol. The van der Waals surface area contributed by atoms with E-state index in [4.69, 9.17) is 0 Å². The Balaban J connectivity index is 1.89. The largest absolute Gasteiger partial charge is 0.364 e. The van der Waals surface area contributed by atoms with Crippen LogP contribution in [-0.4, -0.2) is 13.6 Å². The molecule has 20 heavy (non-hydrogen) atoms. The van der Waals surface area contributed by atoms with Crippen LogP contribution in [0.25, 0.3) is 0 Å². The molecule has 0 aliphatic carbocycles. The van der Waals surface area contributed by atoms with Crippen molar-refractivity contribution in [2.75, 3.05) is 18.5 Å². The Kier molecular flexibility index (Phi) is 3.81. The third-order valence-electron chi connectivity index (χ3n) is 4.30. The van der Waals surface area contributed by atoms with E-state index in [0.717, 1.165) is 13.1 Å². The summed E-state index contributed by atoms with van der Waals surface area (Å²) in [6.07, 6.45) is 1.18. The molecule has 0 saturated carbocycles. The van der Waals surface area contributed by atoms with Gasteiger partial charge in [-0.05, 0) is 67.6 Å². The highest BCUT2D eigenvalue weighted by Crippen LogP contribution is 2.36. The second-order valence-corrected chi connectivity index (χ2v) is 6.56. The number of anilines is 1. The fourth-order valence-electron chi connectivity index (χ4n) is 3.11. The minimum atomic E-state index is 0.486. The van der Waals surface area contributed by atoms with Gasteiger partial charge in [-0.2, -0.15) is 0 Å². The molecule has 0 amide bonds. The lowest BCUT2D eigenvalue weighted by Gasteiger charge is -2.36. The summed E-state index contributed by atoms with van der Waals surface area (Å²) >= 11 is 1.90. The molecule has 1 aliphatic heterocycles. The molecule has 0 saturated heterocycles. The Morgan fingerprint density at radius 1 is 1.35 bits per heavy atom. The van der Waals surface area contributed by atoms with E-state index >= 15 is 0 Å². The van der Waals surface area contributed by atoms with Gasteiger partial charge in [0.15, 0.2) is 0 Å². The Bertz CT molecular complexity index is 603. The Labute approximate surface area is 125 Å². The van der Waals surface area contributed by atoms with Crippen LogP contribution in [0.2, 0.25) is 0 Å². The maximum absolute atomic E-state index is 3.23. The molecule has 0 fully saturated rings. The highest BCUT2D eigenvalue weighted by molar-refractivity contribution is 7.10. The fraction of sp³-hybridized carbons (Fsp3) is 0.412. The van der Waals surface area contributed by atoms with Gasteiger partial charge in [0.05, 0.1) is 6.04 Å². The highest BCUT2D eigenvalue weighted by Gasteiger charge is 2.24. The lowest BCUT2D eigenvalue weighted by molar-refractivity contribution is 0.632. The lowest BCUT2D eigenvalue weighted by Crippen LogP contribution is -2.33. The number of nitrogens with zero attached hydrogens (tertiary/aromatic N) is 1. The molecule has 3 heteroatoms. The molecular formula is C17H22N2S. The van der Waals surface area contributed by atoms with Gasteiger partial charge in [0.25, 0.3) is 0 Å². The maximum atomic E-state index is 3.23. The zero-order valence-corrected chi connectivity index (χ0v) is 13.3. The number of aryl methyl sites for hydroxylation is 1. The number of benzene rings is 1. The van der Waals surface area contributed by atoms with Crippen molar-refractivity contribution in [1.82, 2.24) is 5.32 Å². The normalized spacial score (nSPS) is 18.1. The van der Waals surface area contributed by atoms with E-state index in [1.54, 1.807) is 4.88 Å². The van der Waals surface area contributed by atoms with E-state index in [9.17, 15) is 0 Å². The van der Waals surface area contributed by atoms with Gasteiger partial charge in [0.1, 0.15) is 0 Å². The van der Waals surface area contributed by atoms with Gasteiger partial charge in [-0.3, -0.25) is 0 Å². The van der Waals surface area contributed by atoms with Crippen LogP contribution in [0.1, 0.15) is 34.5 Å². The van der Waals surface area contributed by atoms with Crippen molar-refractivity contribution in [2.45, 2.75) is 32.9 Å². The number of rotatable bonds is 3. The zero-order chi connectivity index (χ0) is 14.1. The summed E-state index contributed by atoms with van der Waals surface area (Å²) in [7, 11) is 2.00. The molecule has 1 unspecified atom stereocenters. The fourth-order valence-corrected chi connectivity index (χ4v) is 4.07. The van der Waals surface area contributed by atoms with Crippen LogP contribution < -0.4 is 10.2 Å². The number of thiophene rings is 1. The summed E-state index contributed by atoms with van der Waals surface area (Å²) in [5.41, 5.74) is 5.63. The molecule has 0 bridgehead atoms. The molecule has 1 aromatic carbocycles. The molecule has 0 spiro atoms. The van der Waals surface area contributed by atoms with Crippen molar-refractivity contribution in [3.63, 3.8) is 0 Å². The minimum absolute atomic E-state index is 0.486. The van der Waals surface area contributed by atoms with Crippen LogP contribution in [0.15, 0.2) is 29.6 Å². The van der Waals surface area contributed by atoms with E-state index in [-0.39, 0.29) is 0 Å². The smallest absolute Gasteiger partial charge is 0.0525 e. The SMILES string of the molecule is CNCc1ccc(N2CCc3sccc3C2C)cc1C. The van der Waals surface area contributed by atoms with Crippen molar-refractivity contribution >= 4 is 17.0 Å². The number of nitrogens with one attached hydrogen (secondary N) is 1. The molecule has 2 nitrogen and oxygen atoms in total. The minimum Gasteiger partial charge on any atom is -0.364 e. The zero-order valence-electron chi connectivity index (χ0n) is 12.4. The third kappa shape index (κ3) is 2.36. The van der Waals surface area contributed by atoms with Gasteiger partial charge in [0, 0.05) is 23.7 Å². The van der Waals surface area contributed by atoms with E-state index in [2.05, 4.69) is 53.7 Å². The molecule has 1 aromatic heterocycles. The van der Waals surface area contributed by atoms with E-state index in [0.29, 0.717) is 6.04 Å². The summed E-state index contributed by atoms with van der Waals surface area (Å²) in [5.74, 6) is 0. The molecule has 1 aliphatic rings. The molecule has 106 valence electrons. The van der Waals surface area contributed by atoms with E-state index in [1.807, 2.05) is 18.4 Å². The molecule has 2 aromatic rings. The summed E-state index contributed by atoms with van der Waals surface area (Å²) in [4.78, 5) is 4.10. The molecule has 2 heterocycles. The van der Waals surface area contributed by atoms with Crippen LogP contribution in [0.3, 0.4) is 0 Å². The second kappa shape index (κ2) is 5.58. The predicted molar refractivity (Wildman–Crippen MR) is 87.7 cm³/mol. The van der Waals surface area contributed by atoms with Crippen molar-refractivity contribution in [3.05, 3.63) is 51.2 Å². The van der Waals surface area contributed by atoms with Crippen LogP contribution in [0.5, 0.6) is 0 Å². The van der Waals surface area contributed by atoms with Crippen molar-refractivity contribution in [1.29, 1.82) is 0 Å². The predicted octanol–water partition coefficient (Wildman–Crippen LogP) is 3.90. The summed E-state index contributed by atoms with van der Waals surface area (Å²) in [6.45, 7) is 6.60. The van der Waals surface area contributed by atoms with Crippen molar-refractivity contribution in [3.8, 4) is 0 Å². The van der Waals surface area contributed by atoms with Crippen molar-refractivity contribution in [2.24, 2.45) is 0 Å². The highest BCUT2D eigenvalue weighted by atomic mass is 32.1. The first-order valence-corrected chi connectivity index (χ1v) is 8.15. The molecule has 1 N–H and O–H groups in total. The molecule has 1 atom stereocenters. The number of fused-ring (bicyclic) bond motifs is 1. The monoisotopic (exact) mass is 286 g/mol. The Morgan fingerprint density at radius 2 is 2.20 bits per heavy atom. The topological polar surface area (TPSA) is 15.3 Å². The average Bonchev–Trinajstić information content (AvgIpc) is 2.91. The quantitative estimate of drug-likeness (QED) is 0.920. The first kappa shape index (κ1) is 13.7. The summed E-state index contributed by atoms with van der Waals surface area (Å²) in [6, 6.07) is 9.64. The number of hydrogen-bond donors (Lipinski definition) is 1. The summed E-state index contributed by atoms with van der Waals surface area (Å²) < 4.78 is 0. The average molecular weight is 286 g/mol. The van der Waals surface area contributed by atoms with Gasteiger partial charge in [-0.1, -0.05) is 6.07 Å². The maximum Gasteiger partial charge on any atom is 0.0525 e. The lowest BCUT2D eigenvalue weighted by atomic mass is 9.99.